The van der Waals surface area contributed by atoms with Gasteiger partial charge in [-0.3, -0.25) is 0 Å². The zero-order chi connectivity index (χ0) is 28.6. The Bertz CT molecular complexity index is 1180. The van der Waals surface area contributed by atoms with Gasteiger partial charge in [0.25, 0.3) is 0 Å². The van der Waals surface area contributed by atoms with Crippen LogP contribution in [0.2, 0.25) is 0 Å². The van der Waals surface area contributed by atoms with Crippen LogP contribution in [0.3, 0.4) is 0 Å². The molecule has 2 heterocycles. The molecule has 5 atom stereocenters. The summed E-state index contributed by atoms with van der Waals surface area (Å²) in [6.45, 7) is 8.19. The Kier molecular flexibility index (Phi) is 8.11. The van der Waals surface area contributed by atoms with Crippen molar-refractivity contribution >= 4 is 11.8 Å². The zero-order valence-electron chi connectivity index (χ0n) is 24.8. The Morgan fingerprint density at radius 2 is 1.85 bits per heavy atom. The van der Waals surface area contributed by atoms with Crippen molar-refractivity contribution in [2.75, 3.05) is 23.7 Å². The van der Waals surface area contributed by atoms with Crippen LogP contribution < -0.4 is 20.7 Å². The molecule has 8 nitrogen and oxygen atoms in total. The standard InChI is InChI=1S/C32H47FN6O2/c1-20(2)41-29-23(5-4-10-34-29)17-36-30-37-18-26(33)28(39-30)38-19-32-13-22-11-24(14-32)27(25(12-22)15-32)35-16-21-6-8-31(3,40)9-7-21/h4-5,10,18,20-22,24-25,27,35,40H,6-9,11-17,19H2,1-3H3,(H2,36,37,38,39)/t21?,22?,24-,25+,27?,31?,32?. The molecule has 4 N–H and O–H groups in total. The molecule has 3 unspecified atom stereocenters. The largest absolute Gasteiger partial charge is 0.475 e. The molecule has 5 fully saturated rings. The molecule has 0 radical (unpaired) electrons. The second-order valence-electron chi connectivity index (χ2n) is 14.1. The number of nitrogens with zero attached hydrogens (tertiary/aromatic N) is 3. The average molecular weight is 567 g/mol. The number of hydrogen-bond donors (Lipinski definition) is 4. The molecule has 7 rings (SSSR count). The lowest BCUT2D eigenvalue weighted by atomic mass is 9.48. The minimum atomic E-state index is -0.468. The maximum Gasteiger partial charge on any atom is 0.225 e. The molecule has 5 saturated carbocycles. The van der Waals surface area contributed by atoms with E-state index in [1.807, 2.05) is 32.9 Å². The van der Waals surface area contributed by atoms with Crippen LogP contribution >= 0.6 is 0 Å². The molecule has 224 valence electrons. The van der Waals surface area contributed by atoms with Gasteiger partial charge >= 0.3 is 0 Å². The third kappa shape index (κ3) is 6.61. The number of halogens is 1. The zero-order valence-corrected chi connectivity index (χ0v) is 24.8. The van der Waals surface area contributed by atoms with Gasteiger partial charge in [-0.15, -0.1) is 0 Å². The third-order valence-corrected chi connectivity index (χ3v) is 10.2. The highest BCUT2D eigenvalue weighted by molar-refractivity contribution is 5.42. The Balaban J connectivity index is 1.05. The van der Waals surface area contributed by atoms with Crippen molar-refractivity contribution in [3.05, 3.63) is 35.9 Å². The molecule has 5 aliphatic carbocycles. The van der Waals surface area contributed by atoms with Gasteiger partial charge in [0.15, 0.2) is 11.6 Å². The molecule has 2 aromatic heterocycles. The Morgan fingerprint density at radius 3 is 2.59 bits per heavy atom. The molecule has 4 bridgehead atoms. The van der Waals surface area contributed by atoms with Crippen molar-refractivity contribution in [1.29, 1.82) is 0 Å². The number of hydrogen-bond acceptors (Lipinski definition) is 8. The van der Waals surface area contributed by atoms with E-state index < -0.39 is 11.4 Å². The van der Waals surface area contributed by atoms with Crippen molar-refractivity contribution in [2.45, 2.75) is 103 Å². The van der Waals surface area contributed by atoms with Gasteiger partial charge in [0.1, 0.15) is 0 Å². The number of nitrogens with one attached hydrogen (secondary N) is 3. The first-order valence-electron chi connectivity index (χ1n) is 15.7. The van der Waals surface area contributed by atoms with Crippen LogP contribution in [0.15, 0.2) is 24.5 Å². The van der Waals surface area contributed by atoms with Gasteiger partial charge in [0, 0.05) is 30.9 Å². The molecule has 41 heavy (non-hydrogen) atoms. The summed E-state index contributed by atoms with van der Waals surface area (Å²) < 4.78 is 20.6. The van der Waals surface area contributed by atoms with E-state index in [9.17, 15) is 9.50 Å². The van der Waals surface area contributed by atoms with Gasteiger partial charge in [-0.2, -0.15) is 4.98 Å². The van der Waals surface area contributed by atoms with Crippen LogP contribution in [0.1, 0.15) is 84.1 Å². The summed E-state index contributed by atoms with van der Waals surface area (Å²) in [6.07, 6.45) is 13.3. The average Bonchev–Trinajstić information content (AvgIpc) is 2.92. The number of aromatic nitrogens is 3. The first-order chi connectivity index (χ1) is 19.7. The Morgan fingerprint density at radius 1 is 1.10 bits per heavy atom. The third-order valence-electron chi connectivity index (χ3n) is 10.2. The van der Waals surface area contributed by atoms with Crippen molar-refractivity contribution in [3.8, 4) is 5.88 Å². The predicted molar refractivity (Wildman–Crippen MR) is 158 cm³/mol. The number of pyridine rings is 1. The maximum atomic E-state index is 14.8. The van der Waals surface area contributed by atoms with Gasteiger partial charge in [0.2, 0.25) is 11.8 Å². The topological polar surface area (TPSA) is 104 Å². The van der Waals surface area contributed by atoms with Crippen molar-refractivity contribution in [2.24, 2.45) is 29.1 Å². The summed E-state index contributed by atoms with van der Waals surface area (Å²) in [7, 11) is 0. The fourth-order valence-corrected chi connectivity index (χ4v) is 8.46. The van der Waals surface area contributed by atoms with Crippen molar-refractivity contribution in [3.63, 3.8) is 0 Å². The molecular weight excluding hydrogens is 519 g/mol. The van der Waals surface area contributed by atoms with E-state index >= 15 is 0 Å². The summed E-state index contributed by atoms with van der Waals surface area (Å²) in [5.74, 6) is 3.67. The Labute approximate surface area is 243 Å². The summed E-state index contributed by atoms with van der Waals surface area (Å²) in [4.78, 5) is 13.0. The summed E-state index contributed by atoms with van der Waals surface area (Å²) in [5, 5.41) is 20.9. The van der Waals surface area contributed by atoms with E-state index in [0.717, 1.165) is 50.3 Å². The SMILES string of the molecule is CC(C)Oc1ncccc1CNc1ncc(F)c(NCC23CC4C[C@H](C2)C(NCC2CCC(C)(O)CC2)[C@@H](C4)C3)n1. The molecule has 0 aliphatic heterocycles. The minimum Gasteiger partial charge on any atom is -0.475 e. The van der Waals surface area contributed by atoms with E-state index in [1.165, 1.54) is 38.3 Å². The maximum absolute atomic E-state index is 14.8. The van der Waals surface area contributed by atoms with Gasteiger partial charge in [0.05, 0.1) is 17.9 Å². The van der Waals surface area contributed by atoms with E-state index in [2.05, 4.69) is 30.9 Å². The molecule has 0 spiro atoms. The monoisotopic (exact) mass is 566 g/mol. The van der Waals surface area contributed by atoms with E-state index in [0.29, 0.717) is 42.2 Å². The molecule has 9 heteroatoms. The van der Waals surface area contributed by atoms with Crippen LogP contribution in [0.5, 0.6) is 5.88 Å². The summed E-state index contributed by atoms with van der Waals surface area (Å²) in [5.41, 5.74) is 0.641. The van der Waals surface area contributed by atoms with Gasteiger partial charge in [-0.05, 0) is 120 Å². The summed E-state index contributed by atoms with van der Waals surface area (Å²) >= 11 is 0. The predicted octanol–water partition coefficient (Wildman–Crippen LogP) is 5.55. The molecule has 0 aromatic carbocycles. The van der Waals surface area contributed by atoms with Crippen LogP contribution in [-0.4, -0.2) is 50.9 Å². The second-order valence-corrected chi connectivity index (χ2v) is 14.1. The van der Waals surface area contributed by atoms with Gasteiger partial charge in [-0.25, -0.2) is 14.4 Å². The summed E-state index contributed by atoms with van der Waals surface area (Å²) in [6, 6.07) is 4.43. The number of anilines is 2. The highest BCUT2D eigenvalue weighted by Crippen LogP contribution is 2.60. The van der Waals surface area contributed by atoms with E-state index in [-0.39, 0.29) is 17.3 Å². The lowest BCUT2D eigenvalue weighted by Crippen LogP contribution is -2.60. The highest BCUT2D eigenvalue weighted by Gasteiger charge is 2.55. The van der Waals surface area contributed by atoms with Crippen LogP contribution in [-0.2, 0) is 6.54 Å². The molecule has 2 aromatic rings. The molecule has 5 aliphatic rings. The lowest BCUT2D eigenvalue weighted by molar-refractivity contribution is -0.0711. The lowest BCUT2D eigenvalue weighted by Gasteiger charge is -2.60. The Hall–Kier alpha value is -2.52. The number of rotatable bonds is 11. The van der Waals surface area contributed by atoms with Crippen LogP contribution in [0.25, 0.3) is 0 Å². The van der Waals surface area contributed by atoms with Gasteiger partial charge < -0.3 is 25.8 Å². The van der Waals surface area contributed by atoms with Crippen molar-refractivity contribution < 1.29 is 14.2 Å². The van der Waals surface area contributed by atoms with E-state index in [4.69, 9.17) is 4.74 Å². The minimum absolute atomic E-state index is 0.0211. The smallest absolute Gasteiger partial charge is 0.225 e. The first-order valence-corrected chi connectivity index (χ1v) is 15.7. The first kappa shape index (κ1) is 28.6. The normalized spacial score (nSPS) is 34.1. The highest BCUT2D eigenvalue weighted by atomic mass is 19.1. The number of ether oxygens (including phenoxy) is 1. The fraction of sp³-hybridized carbons (Fsp3) is 0.719. The molecule has 0 amide bonds. The molecular formula is C32H47FN6O2. The fourth-order valence-electron chi connectivity index (χ4n) is 8.46. The van der Waals surface area contributed by atoms with Crippen LogP contribution in [0, 0.1) is 34.9 Å². The number of aliphatic hydroxyl groups is 1. The van der Waals surface area contributed by atoms with E-state index in [1.54, 1.807) is 6.20 Å². The van der Waals surface area contributed by atoms with Crippen molar-refractivity contribution in [1.82, 2.24) is 20.3 Å². The second kappa shape index (κ2) is 11.6. The van der Waals surface area contributed by atoms with Gasteiger partial charge in [-0.1, -0.05) is 6.07 Å². The molecule has 0 saturated heterocycles. The quantitative estimate of drug-likeness (QED) is 0.281. The van der Waals surface area contributed by atoms with Crippen LogP contribution in [0.4, 0.5) is 16.2 Å².